The Hall–Kier alpha value is -1.90. The standard InChI is InChI=1S/C13H12IN3O3/c1-15-11(18)9-4-2-8(3-5-9)6-17-7-10(14)12(19)16-13(17)20/h2-5,7H,6H2,1H3,(H,15,18)(H,16,19,20). The Morgan fingerprint density at radius 3 is 2.55 bits per heavy atom. The number of nitrogens with zero attached hydrogens (tertiary/aromatic N) is 1. The molecule has 7 heteroatoms. The molecule has 1 aromatic carbocycles. The van der Waals surface area contributed by atoms with Crippen LogP contribution in [0.15, 0.2) is 40.1 Å². The molecule has 20 heavy (non-hydrogen) atoms. The molecule has 0 radical (unpaired) electrons. The van der Waals surface area contributed by atoms with Gasteiger partial charge in [-0.25, -0.2) is 4.79 Å². The molecule has 0 spiro atoms. The van der Waals surface area contributed by atoms with Gasteiger partial charge in [0.25, 0.3) is 11.5 Å². The molecule has 1 amide bonds. The van der Waals surface area contributed by atoms with Crippen LogP contribution in [0.4, 0.5) is 0 Å². The molecular weight excluding hydrogens is 373 g/mol. The number of amides is 1. The van der Waals surface area contributed by atoms with Gasteiger partial charge >= 0.3 is 5.69 Å². The fourth-order valence-corrected chi connectivity index (χ4v) is 2.17. The molecule has 0 atom stereocenters. The predicted octanol–water partition coefficient (Wildman–Crippen LogP) is 0.549. The highest BCUT2D eigenvalue weighted by atomic mass is 127. The number of hydrogen-bond donors (Lipinski definition) is 2. The van der Waals surface area contributed by atoms with Crippen molar-refractivity contribution in [3.05, 3.63) is 66.0 Å². The van der Waals surface area contributed by atoms with E-state index in [1.54, 1.807) is 31.3 Å². The molecule has 0 saturated carbocycles. The molecule has 2 aromatic rings. The molecule has 0 fully saturated rings. The number of aromatic amines is 1. The van der Waals surface area contributed by atoms with Crippen LogP contribution in [-0.4, -0.2) is 22.5 Å². The van der Waals surface area contributed by atoms with Crippen LogP contribution in [0.5, 0.6) is 0 Å². The van der Waals surface area contributed by atoms with Crippen LogP contribution >= 0.6 is 22.6 Å². The predicted molar refractivity (Wildman–Crippen MR) is 83.0 cm³/mol. The number of halogens is 1. The Morgan fingerprint density at radius 1 is 1.30 bits per heavy atom. The van der Waals surface area contributed by atoms with Gasteiger partial charge in [-0.2, -0.15) is 0 Å². The normalized spacial score (nSPS) is 10.3. The smallest absolute Gasteiger partial charge is 0.328 e. The van der Waals surface area contributed by atoms with Gasteiger partial charge in [0, 0.05) is 18.8 Å². The molecule has 2 rings (SSSR count). The minimum atomic E-state index is -0.453. The lowest BCUT2D eigenvalue weighted by Gasteiger charge is -2.06. The van der Waals surface area contributed by atoms with E-state index in [9.17, 15) is 14.4 Å². The Morgan fingerprint density at radius 2 is 1.95 bits per heavy atom. The van der Waals surface area contributed by atoms with Crippen LogP contribution < -0.4 is 16.6 Å². The fourth-order valence-electron chi connectivity index (χ4n) is 1.70. The van der Waals surface area contributed by atoms with Gasteiger partial charge in [0.05, 0.1) is 10.1 Å². The van der Waals surface area contributed by atoms with Crippen molar-refractivity contribution in [2.45, 2.75) is 6.54 Å². The van der Waals surface area contributed by atoms with Crippen molar-refractivity contribution in [2.24, 2.45) is 0 Å². The maximum absolute atomic E-state index is 11.7. The quantitative estimate of drug-likeness (QED) is 0.758. The third kappa shape index (κ3) is 3.16. The molecule has 1 aromatic heterocycles. The maximum Gasteiger partial charge on any atom is 0.328 e. The fraction of sp³-hybridized carbons (Fsp3) is 0.154. The zero-order valence-corrected chi connectivity index (χ0v) is 12.8. The topological polar surface area (TPSA) is 84.0 Å². The lowest BCUT2D eigenvalue weighted by molar-refractivity contribution is 0.0963. The molecule has 0 saturated heterocycles. The zero-order valence-electron chi connectivity index (χ0n) is 10.6. The van der Waals surface area contributed by atoms with Crippen LogP contribution in [-0.2, 0) is 6.54 Å². The van der Waals surface area contributed by atoms with E-state index in [1.165, 1.54) is 10.8 Å². The first kappa shape index (κ1) is 14.5. The monoisotopic (exact) mass is 385 g/mol. The van der Waals surface area contributed by atoms with Crippen LogP contribution in [0.25, 0.3) is 0 Å². The molecule has 0 aliphatic rings. The lowest BCUT2D eigenvalue weighted by Crippen LogP contribution is -2.31. The van der Waals surface area contributed by atoms with Crippen molar-refractivity contribution < 1.29 is 4.79 Å². The summed E-state index contributed by atoms with van der Waals surface area (Å²) in [6, 6.07) is 6.93. The number of hydrogen-bond acceptors (Lipinski definition) is 3. The van der Waals surface area contributed by atoms with E-state index in [2.05, 4.69) is 10.3 Å². The van der Waals surface area contributed by atoms with Crippen molar-refractivity contribution in [3.8, 4) is 0 Å². The average molecular weight is 385 g/mol. The van der Waals surface area contributed by atoms with Crippen molar-refractivity contribution in [1.29, 1.82) is 0 Å². The Kier molecular flexibility index (Phi) is 4.38. The number of carbonyl (C=O) groups excluding carboxylic acids is 1. The van der Waals surface area contributed by atoms with E-state index in [4.69, 9.17) is 0 Å². The van der Waals surface area contributed by atoms with Crippen molar-refractivity contribution in [3.63, 3.8) is 0 Å². The Bertz CT molecular complexity index is 747. The SMILES string of the molecule is CNC(=O)c1ccc(Cn2cc(I)c(=O)[nH]c2=O)cc1. The van der Waals surface area contributed by atoms with Gasteiger partial charge in [-0.05, 0) is 40.3 Å². The highest BCUT2D eigenvalue weighted by Crippen LogP contribution is 2.06. The van der Waals surface area contributed by atoms with E-state index in [0.29, 0.717) is 15.7 Å². The van der Waals surface area contributed by atoms with Crippen LogP contribution in [0, 0.1) is 3.57 Å². The largest absolute Gasteiger partial charge is 0.355 e. The number of nitrogens with one attached hydrogen (secondary N) is 2. The summed E-state index contributed by atoms with van der Waals surface area (Å²) in [6.07, 6.45) is 1.51. The molecule has 6 nitrogen and oxygen atoms in total. The van der Waals surface area contributed by atoms with E-state index in [1.807, 2.05) is 22.6 Å². The summed E-state index contributed by atoms with van der Waals surface area (Å²) in [6.45, 7) is 0.333. The first-order valence-electron chi connectivity index (χ1n) is 5.81. The Balaban J connectivity index is 2.27. The second-order valence-electron chi connectivity index (χ2n) is 4.14. The van der Waals surface area contributed by atoms with E-state index in [0.717, 1.165) is 5.56 Å². The molecule has 0 aliphatic carbocycles. The molecule has 2 N–H and O–H groups in total. The molecule has 0 bridgehead atoms. The van der Waals surface area contributed by atoms with Gasteiger partial charge < -0.3 is 5.32 Å². The second kappa shape index (κ2) is 6.04. The summed E-state index contributed by atoms with van der Waals surface area (Å²) in [5.74, 6) is -0.160. The van der Waals surface area contributed by atoms with Crippen molar-refractivity contribution >= 4 is 28.5 Å². The van der Waals surface area contributed by atoms with E-state index in [-0.39, 0.29) is 11.5 Å². The van der Waals surface area contributed by atoms with Gasteiger partial charge in [-0.15, -0.1) is 0 Å². The lowest BCUT2D eigenvalue weighted by atomic mass is 10.1. The minimum Gasteiger partial charge on any atom is -0.355 e. The minimum absolute atomic E-state index is 0.160. The summed E-state index contributed by atoms with van der Waals surface area (Å²) in [4.78, 5) is 36.6. The van der Waals surface area contributed by atoms with Gasteiger partial charge in [-0.3, -0.25) is 19.1 Å². The summed E-state index contributed by atoms with van der Waals surface area (Å²) < 4.78 is 1.86. The van der Waals surface area contributed by atoms with Gasteiger partial charge in [0.2, 0.25) is 0 Å². The molecule has 0 aliphatic heterocycles. The van der Waals surface area contributed by atoms with E-state index < -0.39 is 5.69 Å². The molecule has 1 heterocycles. The highest BCUT2D eigenvalue weighted by molar-refractivity contribution is 14.1. The summed E-state index contributed by atoms with van der Waals surface area (Å²) in [5.41, 5.74) is 0.579. The average Bonchev–Trinajstić information content (AvgIpc) is 2.44. The molecule has 0 unspecified atom stereocenters. The number of H-pyrrole nitrogens is 1. The van der Waals surface area contributed by atoms with Gasteiger partial charge in [0.1, 0.15) is 0 Å². The molecular formula is C13H12IN3O3. The van der Waals surface area contributed by atoms with Crippen molar-refractivity contribution in [2.75, 3.05) is 7.05 Å². The number of rotatable bonds is 3. The number of benzene rings is 1. The Labute approximate surface area is 128 Å². The van der Waals surface area contributed by atoms with Crippen molar-refractivity contribution in [1.82, 2.24) is 14.9 Å². The number of aromatic nitrogens is 2. The van der Waals surface area contributed by atoms with Crippen LogP contribution in [0.2, 0.25) is 0 Å². The van der Waals surface area contributed by atoms with Gasteiger partial charge in [-0.1, -0.05) is 12.1 Å². The molecule has 104 valence electrons. The number of carbonyl (C=O) groups is 1. The van der Waals surface area contributed by atoms with Crippen LogP contribution in [0.3, 0.4) is 0 Å². The maximum atomic E-state index is 11.7. The highest BCUT2D eigenvalue weighted by Gasteiger charge is 2.05. The van der Waals surface area contributed by atoms with E-state index >= 15 is 0 Å². The summed E-state index contributed by atoms with van der Waals surface area (Å²) in [7, 11) is 1.57. The van der Waals surface area contributed by atoms with Gasteiger partial charge in [0.15, 0.2) is 0 Å². The van der Waals surface area contributed by atoms with Crippen LogP contribution in [0.1, 0.15) is 15.9 Å². The third-order valence-electron chi connectivity index (χ3n) is 2.76. The third-order valence-corrected chi connectivity index (χ3v) is 3.53. The first-order chi connectivity index (χ1) is 9.51. The summed E-state index contributed by atoms with van der Waals surface area (Å²) in [5, 5.41) is 2.54. The summed E-state index contributed by atoms with van der Waals surface area (Å²) >= 11 is 1.87. The second-order valence-corrected chi connectivity index (χ2v) is 5.30. The first-order valence-corrected chi connectivity index (χ1v) is 6.89. The zero-order chi connectivity index (χ0) is 14.7.